The fourth-order valence-electron chi connectivity index (χ4n) is 2.84. The average Bonchev–Trinajstić information content (AvgIpc) is 2.45. The van der Waals surface area contributed by atoms with Crippen molar-refractivity contribution in [1.29, 1.82) is 0 Å². The number of piperidine rings is 1. The Morgan fingerprint density at radius 1 is 1.43 bits per heavy atom. The quantitative estimate of drug-likeness (QED) is 0.899. The number of nitrogens with one attached hydrogen (secondary N) is 1. The Labute approximate surface area is 127 Å². The molecule has 0 spiro atoms. The van der Waals surface area contributed by atoms with Crippen molar-refractivity contribution in [3.63, 3.8) is 0 Å². The summed E-state index contributed by atoms with van der Waals surface area (Å²) in [5.41, 5.74) is 1.22. The van der Waals surface area contributed by atoms with Crippen molar-refractivity contribution in [2.45, 2.75) is 33.6 Å². The molecule has 1 aliphatic rings. The van der Waals surface area contributed by atoms with Crippen molar-refractivity contribution >= 4 is 5.91 Å². The zero-order valence-corrected chi connectivity index (χ0v) is 13.3. The summed E-state index contributed by atoms with van der Waals surface area (Å²) in [6.45, 7) is 10.5. The molecule has 1 N–H and O–H groups in total. The molecule has 1 saturated heterocycles. The third-order valence-corrected chi connectivity index (χ3v) is 3.79. The van der Waals surface area contributed by atoms with Crippen molar-refractivity contribution in [3.8, 4) is 0 Å². The van der Waals surface area contributed by atoms with E-state index in [1.807, 2.05) is 6.92 Å². The van der Waals surface area contributed by atoms with Gasteiger partial charge in [0.2, 0.25) is 0 Å². The van der Waals surface area contributed by atoms with E-state index in [0.29, 0.717) is 17.5 Å². The van der Waals surface area contributed by atoms with E-state index in [0.717, 1.165) is 25.3 Å². The van der Waals surface area contributed by atoms with Crippen molar-refractivity contribution in [2.75, 3.05) is 26.2 Å². The van der Waals surface area contributed by atoms with Crippen LogP contribution in [0.1, 0.15) is 42.9 Å². The first kappa shape index (κ1) is 15.9. The largest absolute Gasteiger partial charge is 0.350 e. The van der Waals surface area contributed by atoms with E-state index in [4.69, 9.17) is 0 Å². The molecule has 1 amide bonds. The molecule has 2 rings (SSSR count). The third kappa shape index (κ3) is 5.08. The van der Waals surface area contributed by atoms with E-state index in [1.165, 1.54) is 25.6 Å². The number of likely N-dealkylation sites (tertiary alicyclic amines) is 1. The SMILES string of the molecule is Cc1cnc(C(=O)NCC2CCCN(CC(C)C)C2)cn1. The van der Waals surface area contributed by atoms with Gasteiger partial charge in [-0.2, -0.15) is 0 Å². The van der Waals surface area contributed by atoms with Crippen molar-refractivity contribution in [3.05, 3.63) is 23.8 Å². The van der Waals surface area contributed by atoms with Gasteiger partial charge >= 0.3 is 0 Å². The van der Waals surface area contributed by atoms with Crippen molar-refractivity contribution < 1.29 is 4.79 Å². The maximum atomic E-state index is 12.0. The Kier molecular flexibility index (Phi) is 5.67. The Morgan fingerprint density at radius 2 is 2.24 bits per heavy atom. The summed E-state index contributed by atoms with van der Waals surface area (Å²) in [5, 5.41) is 2.99. The maximum Gasteiger partial charge on any atom is 0.271 e. The molecule has 1 aliphatic heterocycles. The molecule has 1 aromatic rings. The van der Waals surface area contributed by atoms with Crippen LogP contribution in [-0.4, -0.2) is 47.0 Å². The second-order valence-electron chi connectivity index (χ2n) is 6.41. The van der Waals surface area contributed by atoms with E-state index in [2.05, 4.69) is 34.0 Å². The molecular weight excluding hydrogens is 264 g/mol. The minimum atomic E-state index is -0.122. The highest BCUT2D eigenvalue weighted by molar-refractivity contribution is 5.91. The monoisotopic (exact) mass is 290 g/mol. The lowest BCUT2D eigenvalue weighted by molar-refractivity contribution is 0.0924. The maximum absolute atomic E-state index is 12.0. The summed E-state index contributed by atoms with van der Waals surface area (Å²) in [6.07, 6.45) is 5.57. The first-order valence-corrected chi connectivity index (χ1v) is 7.84. The molecule has 0 saturated carbocycles. The van der Waals surface area contributed by atoms with Crippen LogP contribution >= 0.6 is 0 Å². The van der Waals surface area contributed by atoms with Crippen LogP contribution in [0.25, 0.3) is 0 Å². The summed E-state index contributed by atoms with van der Waals surface area (Å²) in [6, 6.07) is 0. The molecular formula is C16H26N4O. The average molecular weight is 290 g/mol. The minimum Gasteiger partial charge on any atom is -0.350 e. The molecule has 1 unspecified atom stereocenters. The van der Waals surface area contributed by atoms with Crippen LogP contribution in [0, 0.1) is 18.8 Å². The molecule has 5 nitrogen and oxygen atoms in total. The zero-order valence-electron chi connectivity index (χ0n) is 13.3. The smallest absolute Gasteiger partial charge is 0.271 e. The predicted molar refractivity (Wildman–Crippen MR) is 83.1 cm³/mol. The van der Waals surface area contributed by atoms with Gasteiger partial charge in [-0.3, -0.25) is 9.78 Å². The second-order valence-corrected chi connectivity index (χ2v) is 6.41. The van der Waals surface area contributed by atoms with Gasteiger partial charge in [0.1, 0.15) is 5.69 Å². The highest BCUT2D eigenvalue weighted by Gasteiger charge is 2.21. The Balaban J connectivity index is 1.79. The number of rotatable bonds is 5. The van der Waals surface area contributed by atoms with E-state index in [1.54, 1.807) is 6.20 Å². The topological polar surface area (TPSA) is 58.1 Å². The minimum absolute atomic E-state index is 0.122. The number of carbonyl (C=O) groups is 1. The van der Waals surface area contributed by atoms with Gasteiger partial charge in [-0.05, 0) is 38.1 Å². The highest BCUT2D eigenvalue weighted by Crippen LogP contribution is 2.16. The molecule has 116 valence electrons. The lowest BCUT2D eigenvalue weighted by atomic mass is 9.97. The lowest BCUT2D eigenvalue weighted by Crippen LogP contribution is -2.42. The molecule has 0 bridgehead atoms. The van der Waals surface area contributed by atoms with Crippen molar-refractivity contribution in [1.82, 2.24) is 20.2 Å². The van der Waals surface area contributed by atoms with Gasteiger partial charge in [0, 0.05) is 25.8 Å². The second kappa shape index (κ2) is 7.50. The van der Waals surface area contributed by atoms with Crippen molar-refractivity contribution in [2.24, 2.45) is 11.8 Å². The summed E-state index contributed by atoms with van der Waals surface area (Å²) >= 11 is 0. The number of carbonyl (C=O) groups excluding carboxylic acids is 1. The number of aromatic nitrogens is 2. The molecule has 21 heavy (non-hydrogen) atoms. The standard InChI is InChI=1S/C16H26N4O/c1-12(2)10-20-6-4-5-14(11-20)8-19-16(21)15-9-17-13(3)7-18-15/h7,9,12,14H,4-6,8,10-11H2,1-3H3,(H,19,21). The van der Waals surface area contributed by atoms with E-state index < -0.39 is 0 Å². The summed E-state index contributed by atoms with van der Waals surface area (Å²) < 4.78 is 0. The van der Waals surface area contributed by atoms with Gasteiger partial charge in [0.05, 0.1) is 11.9 Å². The van der Waals surface area contributed by atoms with Crippen LogP contribution in [0.4, 0.5) is 0 Å². The van der Waals surface area contributed by atoms with Crippen LogP contribution < -0.4 is 5.32 Å². The number of nitrogens with zero attached hydrogens (tertiary/aromatic N) is 3. The van der Waals surface area contributed by atoms with Gasteiger partial charge in [0.15, 0.2) is 0 Å². The van der Waals surface area contributed by atoms with Gasteiger partial charge in [-0.15, -0.1) is 0 Å². The number of aryl methyl sites for hydroxylation is 1. The van der Waals surface area contributed by atoms with E-state index in [-0.39, 0.29) is 5.91 Å². The first-order chi connectivity index (χ1) is 10.0. The molecule has 0 aromatic carbocycles. The first-order valence-electron chi connectivity index (χ1n) is 7.84. The molecule has 0 aliphatic carbocycles. The molecule has 0 radical (unpaired) electrons. The Hall–Kier alpha value is -1.49. The van der Waals surface area contributed by atoms with Crippen LogP contribution in [0.5, 0.6) is 0 Å². The highest BCUT2D eigenvalue weighted by atomic mass is 16.1. The number of hydrogen-bond donors (Lipinski definition) is 1. The van der Waals surface area contributed by atoms with Gasteiger partial charge in [-0.1, -0.05) is 13.8 Å². The fourth-order valence-corrected chi connectivity index (χ4v) is 2.84. The van der Waals surface area contributed by atoms with Crippen LogP contribution in [0.15, 0.2) is 12.4 Å². The summed E-state index contributed by atoms with van der Waals surface area (Å²) in [4.78, 5) is 22.8. The van der Waals surface area contributed by atoms with Crippen LogP contribution in [0.2, 0.25) is 0 Å². The molecule has 5 heteroatoms. The van der Waals surface area contributed by atoms with Gasteiger partial charge in [0.25, 0.3) is 5.91 Å². The summed E-state index contributed by atoms with van der Waals surface area (Å²) in [5.74, 6) is 1.12. The number of hydrogen-bond acceptors (Lipinski definition) is 4. The van der Waals surface area contributed by atoms with E-state index >= 15 is 0 Å². The van der Waals surface area contributed by atoms with E-state index in [9.17, 15) is 4.79 Å². The van der Waals surface area contributed by atoms with Crippen LogP contribution in [-0.2, 0) is 0 Å². The molecule has 1 aromatic heterocycles. The molecule has 1 fully saturated rings. The van der Waals surface area contributed by atoms with Crippen LogP contribution in [0.3, 0.4) is 0 Å². The molecule has 2 heterocycles. The lowest BCUT2D eigenvalue weighted by Gasteiger charge is -2.33. The zero-order chi connectivity index (χ0) is 15.2. The number of amides is 1. The third-order valence-electron chi connectivity index (χ3n) is 3.79. The normalized spacial score (nSPS) is 19.7. The fraction of sp³-hybridized carbons (Fsp3) is 0.688. The Morgan fingerprint density at radius 3 is 2.90 bits per heavy atom. The van der Waals surface area contributed by atoms with Gasteiger partial charge < -0.3 is 10.2 Å². The molecule has 1 atom stereocenters. The summed E-state index contributed by atoms with van der Waals surface area (Å²) in [7, 11) is 0. The Bertz CT molecular complexity index is 458. The predicted octanol–water partition coefficient (Wildman–Crippen LogP) is 1.88. The van der Waals surface area contributed by atoms with Gasteiger partial charge in [-0.25, -0.2) is 4.98 Å².